The second-order valence-electron chi connectivity index (χ2n) is 11.5. The molecule has 0 radical (unpaired) electrons. The first-order valence-electron chi connectivity index (χ1n) is 14.8. The maximum Gasteiger partial charge on any atom is 0.306 e. The molecule has 236 valence electrons. The molecule has 1 N–H and O–H groups in total. The SMILES string of the molecule is C[C@H]1CN(Cc2cnc(NC(=O)C(=NO[C@@H]3CCOC3)c3ccc(S(=O)(=O)C4CC4)cc3)s2)CCN1C(=O)[C@H]1CCC(=O)O1. The van der Waals surface area contributed by atoms with Crippen LogP contribution in [-0.2, 0) is 45.1 Å². The van der Waals surface area contributed by atoms with Crippen molar-refractivity contribution < 1.29 is 37.1 Å². The number of amides is 2. The second kappa shape index (κ2) is 12.9. The van der Waals surface area contributed by atoms with Crippen molar-refractivity contribution >= 4 is 49.8 Å². The van der Waals surface area contributed by atoms with E-state index < -0.39 is 21.8 Å². The topological polar surface area (TPSA) is 157 Å². The van der Waals surface area contributed by atoms with Gasteiger partial charge in [-0.1, -0.05) is 17.3 Å². The number of benzene rings is 1. The van der Waals surface area contributed by atoms with Gasteiger partial charge in [0.1, 0.15) is 0 Å². The number of nitrogens with one attached hydrogen (secondary N) is 1. The van der Waals surface area contributed by atoms with Gasteiger partial charge in [0.2, 0.25) is 0 Å². The first kappa shape index (κ1) is 30.6. The molecule has 3 saturated heterocycles. The molecular formula is C29H35N5O8S2. The Balaban J connectivity index is 1.08. The number of nitrogens with zero attached hydrogens (tertiary/aromatic N) is 4. The Bertz CT molecular complexity index is 1530. The van der Waals surface area contributed by atoms with Gasteiger partial charge in [-0.05, 0) is 31.9 Å². The molecular weight excluding hydrogens is 610 g/mol. The van der Waals surface area contributed by atoms with Gasteiger partial charge in [-0.25, -0.2) is 13.4 Å². The normalized spacial score (nSPS) is 24.8. The predicted molar refractivity (Wildman–Crippen MR) is 160 cm³/mol. The highest BCUT2D eigenvalue weighted by atomic mass is 32.2. The Hall–Kier alpha value is -3.40. The van der Waals surface area contributed by atoms with Gasteiger partial charge in [-0.15, -0.1) is 11.3 Å². The highest BCUT2D eigenvalue weighted by molar-refractivity contribution is 7.92. The Morgan fingerprint density at radius 1 is 1.16 bits per heavy atom. The van der Waals surface area contributed by atoms with Gasteiger partial charge in [-0.3, -0.25) is 24.6 Å². The Labute approximate surface area is 259 Å². The van der Waals surface area contributed by atoms with E-state index in [9.17, 15) is 22.8 Å². The predicted octanol–water partition coefficient (Wildman–Crippen LogP) is 1.97. The molecule has 44 heavy (non-hydrogen) atoms. The number of cyclic esters (lactones) is 1. The van der Waals surface area contributed by atoms with E-state index in [4.69, 9.17) is 14.3 Å². The van der Waals surface area contributed by atoms with Gasteiger partial charge in [0.05, 0.1) is 23.4 Å². The molecule has 0 unspecified atom stereocenters. The van der Waals surface area contributed by atoms with Gasteiger partial charge < -0.3 is 19.2 Å². The minimum absolute atomic E-state index is 0.00609. The van der Waals surface area contributed by atoms with Crippen LogP contribution < -0.4 is 5.32 Å². The van der Waals surface area contributed by atoms with Crippen molar-refractivity contribution in [1.82, 2.24) is 14.8 Å². The van der Waals surface area contributed by atoms with Crippen LogP contribution in [0.15, 0.2) is 40.5 Å². The minimum Gasteiger partial charge on any atom is -0.452 e. The smallest absolute Gasteiger partial charge is 0.306 e. The lowest BCUT2D eigenvalue weighted by Gasteiger charge is -2.40. The zero-order valence-corrected chi connectivity index (χ0v) is 26.0. The first-order valence-corrected chi connectivity index (χ1v) is 17.2. The molecule has 4 fully saturated rings. The molecule has 0 spiro atoms. The van der Waals surface area contributed by atoms with E-state index >= 15 is 0 Å². The van der Waals surface area contributed by atoms with Crippen molar-refractivity contribution in [2.75, 3.05) is 38.2 Å². The number of rotatable bonds is 10. The van der Waals surface area contributed by atoms with Crippen LogP contribution in [0.4, 0.5) is 5.13 Å². The summed E-state index contributed by atoms with van der Waals surface area (Å²) >= 11 is 1.34. The third-order valence-corrected chi connectivity index (χ3v) is 11.3. The van der Waals surface area contributed by atoms with Crippen LogP contribution in [0.25, 0.3) is 0 Å². The number of anilines is 1. The molecule has 6 rings (SSSR count). The van der Waals surface area contributed by atoms with Crippen LogP contribution in [-0.4, -0.2) is 103 Å². The van der Waals surface area contributed by atoms with E-state index in [-0.39, 0.29) is 46.3 Å². The number of ether oxygens (including phenoxy) is 2. The Kier molecular flexibility index (Phi) is 8.98. The Morgan fingerprint density at radius 3 is 2.61 bits per heavy atom. The number of thiazole rings is 1. The molecule has 1 aromatic carbocycles. The monoisotopic (exact) mass is 645 g/mol. The van der Waals surface area contributed by atoms with Crippen LogP contribution >= 0.6 is 11.3 Å². The average molecular weight is 646 g/mol. The van der Waals surface area contributed by atoms with Crippen molar-refractivity contribution in [3.63, 3.8) is 0 Å². The zero-order valence-electron chi connectivity index (χ0n) is 24.3. The summed E-state index contributed by atoms with van der Waals surface area (Å²) in [7, 11) is -3.37. The van der Waals surface area contributed by atoms with Crippen molar-refractivity contribution in [1.29, 1.82) is 0 Å². The molecule has 15 heteroatoms. The van der Waals surface area contributed by atoms with Crippen LogP contribution in [0.5, 0.6) is 0 Å². The van der Waals surface area contributed by atoms with Crippen molar-refractivity contribution in [3.8, 4) is 0 Å². The number of esters is 1. The summed E-state index contributed by atoms with van der Waals surface area (Å²) in [4.78, 5) is 52.8. The molecule has 2 amide bonds. The van der Waals surface area contributed by atoms with Gasteiger partial charge in [0, 0.05) is 68.1 Å². The summed E-state index contributed by atoms with van der Waals surface area (Å²) < 4.78 is 35.8. The summed E-state index contributed by atoms with van der Waals surface area (Å²) in [6.45, 7) is 5.34. The molecule has 3 atom stereocenters. The summed E-state index contributed by atoms with van der Waals surface area (Å²) in [6.07, 6.45) is 3.46. The quantitative estimate of drug-likeness (QED) is 0.230. The minimum atomic E-state index is -3.37. The summed E-state index contributed by atoms with van der Waals surface area (Å²) in [5.74, 6) is -0.989. The van der Waals surface area contributed by atoms with E-state index in [1.54, 1.807) is 23.2 Å². The lowest BCUT2D eigenvalue weighted by atomic mass is 10.1. The number of carbonyl (C=O) groups excluding carboxylic acids is 3. The zero-order chi connectivity index (χ0) is 30.8. The maximum absolute atomic E-state index is 13.4. The van der Waals surface area contributed by atoms with E-state index in [1.807, 2.05) is 6.92 Å². The molecule has 4 aliphatic rings. The molecule has 1 saturated carbocycles. The molecule has 3 aliphatic heterocycles. The summed E-state index contributed by atoms with van der Waals surface area (Å²) in [5.41, 5.74) is 0.424. The number of aromatic nitrogens is 1. The number of oxime groups is 1. The van der Waals surface area contributed by atoms with Crippen LogP contribution in [0.2, 0.25) is 0 Å². The third kappa shape index (κ3) is 6.95. The molecule has 1 aromatic heterocycles. The van der Waals surface area contributed by atoms with E-state index in [2.05, 4.69) is 20.4 Å². The fourth-order valence-corrected chi connectivity index (χ4v) is 8.03. The fourth-order valence-electron chi connectivity index (χ4n) is 5.53. The molecule has 13 nitrogen and oxygen atoms in total. The third-order valence-electron chi connectivity index (χ3n) is 8.12. The number of sulfone groups is 1. The standard InChI is InChI=1S/C29H35N5O8S2/c1-18-15-33(11-12-34(18)28(37)24-8-9-25(35)41-24)16-21-14-30-29(43-21)31-27(36)26(32-42-20-10-13-40-17-20)19-2-4-22(5-3-19)44(38,39)23-6-7-23/h2-5,14,18,20,23-24H,6-13,15-17H2,1H3,(H,30,31,36)/t18-,20+,24+/m0/s1. The van der Waals surface area contributed by atoms with E-state index in [0.717, 1.165) is 4.88 Å². The number of piperazine rings is 1. The number of carbonyl (C=O) groups is 3. The van der Waals surface area contributed by atoms with Crippen molar-refractivity contribution in [3.05, 3.63) is 40.9 Å². The Morgan fingerprint density at radius 2 is 1.95 bits per heavy atom. The van der Waals surface area contributed by atoms with E-state index in [1.165, 1.54) is 23.5 Å². The molecule has 2 aromatic rings. The number of hydrogen-bond donors (Lipinski definition) is 1. The van der Waals surface area contributed by atoms with Gasteiger partial charge in [0.15, 0.2) is 32.9 Å². The van der Waals surface area contributed by atoms with Crippen LogP contribution in [0.1, 0.15) is 49.5 Å². The molecule has 4 heterocycles. The van der Waals surface area contributed by atoms with Gasteiger partial charge in [-0.2, -0.15) is 0 Å². The van der Waals surface area contributed by atoms with Gasteiger partial charge in [0.25, 0.3) is 11.8 Å². The first-order chi connectivity index (χ1) is 21.2. The highest BCUT2D eigenvalue weighted by Gasteiger charge is 2.38. The highest BCUT2D eigenvalue weighted by Crippen LogP contribution is 2.33. The van der Waals surface area contributed by atoms with Crippen LogP contribution in [0, 0.1) is 0 Å². The summed E-state index contributed by atoms with van der Waals surface area (Å²) in [6, 6.07) is 6.09. The molecule has 0 bridgehead atoms. The van der Waals surface area contributed by atoms with Crippen LogP contribution in [0.3, 0.4) is 0 Å². The molecule has 1 aliphatic carbocycles. The maximum atomic E-state index is 13.4. The van der Waals surface area contributed by atoms with Crippen molar-refractivity contribution in [2.24, 2.45) is 5.16 Å². The fraction of sp³-hybridized carbons (Fsp3) is 0.552. The number of hydrogen-bond acceptors (Lipinski definition) is 12. The average Bonchev–Trinajstić information content (AvgIpc) is 3.33. The largest absolute Gasteiger partial charge is 0.452 e. The van der Waals surface area contributed by atoms with Gasteiger partial charge >= 0.3 is 5.97 Å². The van der Waals surface area contributed by atoms with E-state index in [0.29, 0.717) is 75.8 Å². The van der Waals surface area contributed by atoms with Crippen molar-refractivity contribution in [2.45, 2.75) is 74.0 Å². The summed E-state index contributed by atoms with van der Waals surface area (Å²) in [5, 5.41) is 7.02. The lowest BCUT2D eigenvalue weighted by molar-refractivity contribution is -0.155. The lowest BCUT2D eigenvalue weighted by Crippen LogP contribution is -2.55. The second-order valence-corrected chi connectivity index (χ2v) is 14.9.